The number of methoxy groups -OCH3 is 1. The van der Waals surface area contributed by atoms with Crippen LogP contribution in [0.2, 0.25) is 0 Å². The van der Waals surface area contributed by atoms with Gasteiger partial charge in [0.2, 0.25) is 5.91 Å². The molecule has 2 aromatic rings. The summed E-state index contributed by atoms with van der Waals surface area (Å²) < 4.78 is 16.9. The smallest absolute Gasteiger partial charge is 0.234 e. The van der Waals surface area contributed by atoms with Crippen LogP contribution < -0.4 is 19.5 Å². The molecule has 2 aromatic carbocycles. The fourth-order valence-electron chi connectivity index (χ4n) is 2.64. The van der Waals surface area contributed by atoms with Gasteiger partial charge in [0.15, 0.2) is 11.5 Å². The molecule has 0 saturated heterocycles. The van der Waals surface area contributed by atoms with Gasteiger partial charge in [-0.05, 0) is 40.8 Å². The molecule has 0 unspecified atom stereocenters. The van der Waals surface area contributed by atoms with Crippen LogP contribution in [0, 0.1) is 11.3 Å². The normalized spacial score (nSPS) is 10.7. The molecular weight excluding hydrogens is 368 g/mol. The molecule has 0 spiro atoms. The second-order valence-electron chi connectivity index (χ2n) is 7.57. The molecule has 0 aliphatic carbocycles. The molecule has 29 heavy (non-hydrogen) atoms. The van der Waals surface area contributed by atoms with Gasteiger partial charge >= 0.3 is 0 Å². The van der Waals surface area contributed by atoms with Crippen LogP contribution in [0.4, 0.5) is 0 Å². The van der Waals surface area contributed by atoms with E-state index in [1.165, 1.54) is 5.56 Å². The predicted molar refractivity (Wildman–Crippen MR) is 111 cm³/mol. The molecule has 0 heterocycles. The predicted octanol–water partition coefficient (Wildman–Crippen LogP) is 3.98. The zero-order valence-corrected chi connectivity index (χ0v) is 17.5. The van der Waals surface area contributed by atoms with Crippen LogP contribution in [-0.2, 0) is 16.8 Å². The number of carbonyl (C=O) groups excluding carboxylic acids is 1. The third kappa shape index (κ3) is 7.04. The summed E-state index contributed by atoms with van der Waals surface area (Å²) in [5.74, 6) is 1.68. The third-order valence-corrected chi connectivity index (χ3v) is 4.29. The van der Waals surface area contributed by atoms with Gasteiger partial charge in [0.05, 0.1) is 13.2 Å². The van der Waals surface area contributed by atoms with Crippen molar-refractivity contribution in [1.29, 1.82) is 5.26 Å². The van der Waals surface area contributed by atoms with Gasteiger partial charge in [-0.25, -0.2) is 0 Å². The number of benzene rings is 2. The van der Waals surface area contributed by atoms with Gasteiger partial charge in [-0.1, -0.05) is 39.0 Å². The molecule has 0 aliphatic heterocycles. The lowest BCUT2D eigenvalue weighted by atomic mass is 9.87. The van der Waals surface area contributed by atoms with E-state index >= 15 is 0 Å². The number of hydrogen-bond acceptors (Lipinski definition) is 5. The van der Waals surface area contributed by atoms with Gasteiger partial charge < -0.3 is 19.5 Å². The summed E-state index contributed by atoms with van der Waals surface area (Å²) in [7, 11) is 1.56. The van der Waals surface area contributed by atoms with E-state index in [4.69, 9.17) is 19.5 Å². The Hall–Kier alpha value is -3.20. The highest BCUT2D eigenvalue weighted by atomic mass is 16.5. The summed E-state index contributed by atoms with van der Waals surface area (Å²) in [5.41, 5.74) is 2.23. The van der Waals surface area contributed by atoms with Gasteiger partial charge in [0, 0.05) is 6.54 Å². The monoisotopic (exact) mass is 396 g/mol. The number of ether oxygens (including phenoxy) is 3. The number of hydrogen-bond donors (Lipinski definition) is 1. The van der Waals surface area contributed by atoms with Crippen LogP contribution in [0.25, 0.3) is 0 Å². The third-order valence-electron chi connectivity index (χ3n) is 4.29. The van der Waals surface area contributed by atoms with Gasteiger partial charge in [-0.15, -0.1) is 0 Å². The first kappa shape index (κ1) is 22.1. The SMILES string of the molecule is COc1cc(CNC(=O)CC#N)ccc1OCCOc1ccc(C(C)(C)C)cc1. The summed E-state index contributed by atoms with van der Waals surface area (Å²) in [5, 5.41) is 11.2. The molecular formula is C23H28N2O4. The lowest BCUT2D eigenvalue weighted by molar-refractivity contribution is -0.120. The Labute approximate surface area is 172 Å². The largest absolute Gasteiger partial charge is 0.493 e. The molecule has 2 rings (SSSR count). The number of carbonyl (C=O) groups is 1. The maximum Gasteiger partial charge on any atom is 0.234 e. The second kappa shape index (κ2) is 10.4. The molecule has 1 N–H and O–H groups in total. The summed E-state index contributed by atoms with van der Waals surface area (Å²) in [6.07, 6.45) is -0.155. The Morgan fingerprint density at radius 3 is 2.34 bits per heavy atom. The van der Waals surface area contributed by atoms with Crippen LogP contribution in [0.15, 0.2) is 42.5 Å². The van der Waals surface area contributed by atoms with Gasteiger partial charge in [0.1, 0.15) is 25.4 Å². The highest BCUT2D eigenvalue weighted by molar-refractivity contribution is 5.77. The van der Waals surface area contributed by atoms with Crippen LogP contribution in [-0.4, -0.2) is 26.2 Å². The molecule has 6 heteroatoms. The van der Waals surface area contributed by atoms with E-state index in [1.807, 2.05) is 24.3 Å². The molecule has 0 radical (unpaired) electrons. The van der Waals surface area contributed by atoms with E-state index in [-0.39, 0.29) is 17.7 Å². The molecule has 0 fully saturated rings. The van der Waals surface area contributed by atoms with Crippen LogP contribution in [0.3, 0.4) is 0 Å². The van der Waals surface area contributed by atoms with E-state index in [0.29, 0.717) is 31.3 Å². The van der Waals surface area contributed by atoms with Crippen molar-refractivity contribution < 1.29 is 19.0 Å². The van der Waals surface area contributed by atoms with E-state index in [1.54, 1.807) is 19.2 Å². The van der Waals surface area contributed by atoms with Crippen molar-refractivity contribution >= 4 is 5.91 Å². The van der Waals surface area contributed by atoms with Crippen LogP contribution in [0.5, 0.6) is 17.2 Å². The Morgan fingerprint density at radius 2 is 1.72 bits per heavy atom. The highest BCUT2D eigenvalue weighted by Gasteiger charge is 2.13. The first-order valence-corrected chi connectivity index (χ1v) is 9.50. The molecule has 0 saturated carbocycles. The zero-order chi connectivity index (χ0) is 21.3. The standard InChI is InChI=1S/C23H28N2O4/c1-23(2,3)18-6-8-19(9-7-18)28-13-14-29-20-10-5-17(15-21(20)27-4)16-25-22(26)11-12-24/h5-10,15H,11,13-14,16H2,1-4H3,(H,25,26). The lowest BCUT2D eigenvalue weighted by Crippen LogP contribution is -2.21. The molecule has 1 amide bonds. The lowest BCUT2D eigenvalue weighted by Gasteiger charge is -2.19. The van der Waals surface area contributed by atoms with Crippen LogP contribution >= 0.6 is 0 Å². The summed E-state index contributed by atoms with van der Waals surface area (Å²) in [6, 6.07) is 15.3. The first-order valence-electron chi connectivity index (χ1n) is 9.50. The van der Waals surface area contributed by atoms with E-state index in [9.17, 15) is 4.79 Å². The maximum absolute atomic E-state index is 11.4. The Balaban J connectivity index is 1.84. The molecule has 0 aliphatic rings. The number of nitriles is 1. The average Bonchev–Trinajstić information content (AvgIpc) is 2.70. The van der Waals surface area contributed by atoms with Crippen molar-refractivity contribution in [1.82, 2.24) is 5.32 Å². The fourth-order valence-corrected chi connectivity index (χ4v) is 2.64. The molecule has 154 valence electrons. The first-order chi connectivity index (χ1) is 13.8. The average molecular weight is 396 g/mol. The number of amides is 1. The maximum atomic E-state index is 11.4. The fraction of sp³-hybridized carbons (Fsp3) is 0.391. The minimum atomic E-state index is -0.306. The van der Waals surface area contributed by atoms with Crippen molar-refractivity contribution in [2.45, 2.75) is 39.2 Å². The Bertz CT molecular complexity index is 849. The minimum Gasteiger partial charge on any atom is -0.493 e. The quantitative estimate of drug-likeness (QED) is 0.649. The summed E-state index contributed by atoms with van der Waals surface area (Å²) in [4.78, 5) is 11.4. The molecule has 0 bridgehead atoms. The topological polar surface area (TPSA) is 80.6 Å². The van der Waals surface area contributed by atoms with Crippen molar-refractivity contribution in [2.75, 3.05) is 20.3 Å². The zero-order valence-electron chi connectivity index (χ0n) is 17.5. The second-order valence-corrected chi connectivity index (χ2v) is 7.57. The summed E-state index contributed by atoms with van der Waals surface area (Å²) >= 11 is 0. The van der Waals surface area contributed by atoms with Gasteiger partial charge in [0.25, 0.3) is 0 Å². The van der Waals surface area contributed by atoms with E-state index in [2.05, 4.69) is 38.2 Å². The Kier molecular flexibility index (Phi) is 7.90. The van der Waals surface area contributed by atoms with Crippen molar-refractivity contribution in [3.05, 3.63) is 53.6 Å². The number of nitrogens with one attached hydrogen (secondary N) is 1. The molecule has 0 atom stereocenters. The van der Waals surface area contributed by atoms with Crippen molar-refractivity contribution in [3.63, 3.8) is 0 Å². The summed E-state index contributed by atoms with van der Waals surface area (Å²) in [6.45, 7) is 7.63. The van der Waals surface area contributed by atoms with Crippen molar-refractivity contribution in [3.8, 4) is 23.3 Å². The van der Waals surface area contributed by atoms with E-state index in [0.717, 1.165) is 11.3 Å². The highest BCUT2D eigenvalue weighted by Crippen LogP contribution is 2.28. The van der Waals surface area contributed by atoms with Gasteiger partial charge in [-0.2, -0.15) is 5.26 Å². The number of nitrogens with zero attached hydrogens (tertiary/aromatic N) is 1. The van der Waals surface area contributed by atoms with Crippen LogP contribution in [0.1, 0.15) is 38.3 Å². The molecule has 6 nitrogen and oxygen atoms in total. The van der Waals surface area contributed by atoms with E-state index < -0.39 is 0 Å². The minimum absolute atomic E-state index is 0.114. The van der Waals surface area contributed by atoms with Gasteiger partial charge in [-0.3, -0.25) is 4.79 Å². The van der Waals surface area contributed by atoms with Crippen molar-refractivity contribution in [2.24, 2.45) is 0 Å². The number of rotatable bonds is 9. The molecule has 0 aromatic heterocycles. The Morgan fingerprint density at radius 1 is 1.03 bits per heavy atom.